The molecule has 2 heterocycles. The van der Waals surface area contributed by atoms with E-state index in [-0.39, 0.29) is 6.04 Å². The molecule has 0 saturated heterocycles. The summed E-state index contributed by atoms with van der Waals surface area (Å²) in [6.45, 7) is 5.11. The van der Waals surface area contributed by atoms with Crippen molar-refractivity contribution in [2.75, 3.05) is 17.2 Å². The van der Waals surface area contributed by atoms with E-state index in [1.165, 1.54) is 16.5 Å². The lowest BCUT2D eigenvalue weighted by Gasteiger charge is -2.22. The van der Waals surface area contributed by atoms with E-state index >= 15 is 0 Å². The molecule has 4 rings (SSSR count). The number of aromatic amines is 1. The van der Waals surface area contributed by atoms with Gasteiger partial charge in [0.25, 0.3) is 0 Å². The molecule has 5 heteroatoms. The zero-order valence-electron chi connectivity index (χ0n) is 16.0. The SMILES string of the molecule is CCNc1cc(Br)cc(C(Nc2ccccn2)c2c(C)[nH]c3ccccc23)c1. The van der Waals surface area contributed by atoms with E-state index < -0.39 is 0 Å². The molecule has 4 aromatic rings. The Hall–Kier alpha value is -2.79. The molecule has 142 valence electrons. The van der Waals surface area contributed by atoms with Crippen LogP contribution in [-0.4, -0.2) is 16.5 Å². The fourth-order valence-corrected chi connectivity index (χ4v) is 4.18. The van der Waals surface area contributed by atoms with E-state index in [4.69, 9.17) is 0 Å². The van der Waals surface area contributed by atoms with Crippen LogP contribution in [0, 0.1) is 6.92 Å². The highest BCUT2D eigenvalue weighted by molar-refractivity contribution is 9.10. The van der Waals surface area contributed by atoms with E-state index in [2.05, 4.69) is 92.8 Å². The van der Waals surface area contributed by atoms with E-state index in [0.717, 1.165) is 33.7 Å². The molecule has 0 bridgehead atoms. The summed E-state index contributed by atoms with van der Waals surface area (Å²) in [6, 6.07) is 20.8. The largest absolute Gasteiger partial charge is 0.385 e. The average Bonchev–Trinajstić information content (AvgIpc) is 3.02. The molecule has 2 aromatic heterocycles. The second-order valence-electron chi connectivity index (χ2n) is 6.81. The summed E-state index contributed by atoms with van der Waals surface area (Å²) in [4.78, 5) is 8.03. The quantitative estimate of drug-likeness (QED) is 0.335. The number of halogens is 1. The first-order valence-electron chi connectivity index (χ1n) is 9.45. The molecule has 0 aliphatic rings. The maximum Gasteiger partial charge on any atom is 0.126 e. The summed E-state index contributed by atoms with van der Waals surface area (Å²) in [5.41, 5.74) is 5.80. The maximum absolute atomic E-state index is 4.50. The Morgan fingerprint density at radius 1 is 1.07 bits per heavy atom. The Bertz CT molecular complexity index is 1090. The molecule has 0 amide bonds. The minimum absolute atomic E-state index is 0.0408. The number of benzene rings is 2. The van der Waals surface area contributed by atoms with Crippen LogP contribution in [-0.2, 0) is 0 Å². The number of aromatic nitrogens is 2. The number of pyridine rings is 1. The highest BCUT2D eigenvalue weighted by Crippen LogP contribution is 2.36. The highest BCUT2D eigenvalue weighted by atomic mass is 79.9. The molecule has 1 unspecified atom stereocenters. The summed E-state index contributed by atoms with van der Waals surface area (Å²) < 4.78 is 1.05. The van der Waals surface area contributed by atoms with E-state index in [1.54, 1.807) is 0 Å². The Kier molecular flexibility index (Phi) is 5.35. The topological polar surface area (TPSA) is 52.7 Å². The number of H-pyrrole nitrogens is 1. The lowest BCUT2D eigenvalue weighted by Crippen LogP contribution is -2.14. The fraction of sp³-hybridized carbons (Fsp3) is 0.174. The number of anilines is 2. The number of nitrogens with zero attached hydrogens (tertiary/aromatic N) is 1. The predicted octanol–water partition coefficient (Wildman–Crippen LogP) is 6.27. The molecule has 1 atom stereocenters. The minimum Gasteiger partial charge on any atom is -0.385 e. The van der Waals surface area contributed by atoms with Crippen LogP contribution in [0.3, 0.4) is 0 Å². The van der Waals surface area contributed by atoms with Crippen molar-refractivity contribution in [2.45, 2.75) is 19.9 Å². The smallest absolute Gasteiger partial charge is 0.126 e. The van der Waals surface area contributed by atoms with Gasteiger partial charge in [-0.3, -0.25) is 0 Å². The molecule has 0 spiro atoms. The van der Waals surface area contributed by atoms with Crippen LogP contribution < -0.4 is 10.6 Å². The van der Waals surface area contributed by atoms with E-state index in [9.17, 15) is 0 Å². The third kappa shape index (κ3) is 3.76. The van der Waals surface area contributed by atoms with Crippen LogP contribution in [0.4, 0.5) is 11.5 Å². The van der Waals surface area contributed by atoms with Gasteiger partial charge in [-0.2, -0.15) is 0 Å². The van der Waals surface area contributed by atoms with Crippen LogP contribution in [0.5, 0.6) is 0 Å². The number of para-hydroxylation sites is 1. The van der Waals surface area contributed by atoms with Gasteiger partial charge in [0.15, 0.2) is 0 Å². The molecule has 0 fully saturated rings. The Balaban J connectivity index is 1.88. The maximum atomic E-state index is 4.50. The van der Waals surface area contributed by atoms with Gasteiger partial charge in [-0.15, -0.1) is 0 Å². The normalized spacial score (nSPS) is 12.1. The lowest BCUT2D eigenvalue weighted by atomic mass is 9.95. The molecule has 2 aromatic carbocycles. The third-order valence-electron chi connectivity index (χ3n) is 4.82. The molecule has 0 aliphatic carbocycles. The number of fused-ring (bicyclic) bond motifs is 1. The minimum atomic E-state index is -0.0408. The number of hydrogen-bond donors (Lipinski definition) is 3. The van der Waals surface area contributed by atoms with Gasteiger partial charge < -0.3 is 15.6 Å². The summed E-state index contributed by atoms with van der Waals surface area (Å²) in [7, 11) is 0. The number of aryl methyl sites for hydroxylation is 1. The van der Waals surface area contributed by atoms with Crippen molar-refractivity contribution in [1.29, 1.82) is 0 Å². The van der Waals surface area contributed by atoms with Crippen molar-refractivity contribution >= 4 is 38.3 Å². The summed E-state index contributed by atoms with van der Waals surface area (Å²) in [6.07, 6.45) is 1.81. The van der Waals surface area contributed by atoms with Crippen LogP contribution in [0.15, 0.2) is 71.3 Å². The average molecular weight is 435 g/mol. The van der Waals surface area contributed by atoms with Crippen molar-refractivity contribution in [2.24, 2.45) is 0 Å². The van der Waals surface area contributed by atoms with Gasteiger partial charge in [0.1, 0.15) is 5.82 Å². The van der Waals surface area contributed by atoms with Crippen molar-refractivity contribution in [3.8, 4) is 0 Å². The van der Waals surface area contributed by atoms with Crippen molar-refractivity contribution in [3.05, 3.63) is 88.2 Å². The van der Waals surface area contributed by atoms with Gasteiger partial charge in [0, 0.05) is 45.1 Å². The van der Waals surface area contributed by atoms with Crippen molar-refractivity contribution in [3.63, 3.8) is 0 Å². The molecule has 28 heavy (non-hydrogen) atoms. The second kappa shape index (κ2) is 8.07. The van der Waals surface area contributed by atoms with Gasteiger partial charge in [-0.1, -0.05) is 40.2 Å². The van der Waals surface area contributed by atoms with Gasteiger partial charge >= 0.3 is 0 Å². The van der Waals surface area contributed by atoms with Crippen molar-refractivity contribution < 1.29 is 0 Å². The first-order valence-corrected chi connectivity index (χ1v) is 10.2. The van der Waals surface area contributed by atoms with Gasteiger partial charge in [-0.05, 0) is 55.8 Å². The first kappa shape index (κ1) is 18.6. The van der Waals surface area contributed by atoms with Gasteiger partial charge in [-0.25, -0.2) is 4.98 Å². The lowest BCUT2D eigenvalue weighted by molar-refractivity contribution is 0.920. The standard InChI is InChI=1S/C23H23BrN4/c1-3-25-18-13-16(12-17(24)14-18)23(28-21-10-6-7-11-26-21)22-15(2)27-20-9-5-4-8-19(20)22/h4-14,23,25,27H,3H2,1-2H3,(H,26,28). The molecule has 0 saturated carbocycles. The molecular weight excluding hydrogens is 412 g/mol. The number of rotatable bonds is 6. The highest BCUT2D eigenvalue weighted by Gasteiger charge is 2.22. The Morgan fingerprint density at radius 2 is 1.89 bits per heavy atom. The zero-order valence-corrected chi connectivity index (χ0v) is 17.5. The van der Waals surface area contributed by atoms with Gasteiger partial charge in [0.2, 0.25) is 0 Å². The molecule has 0 aliphatic heterocycles. The Labute approximate surface area is 173 Å². The van der Waals surface area contributed by atoms with E-state index in [1.807, 2.05) is 24.4 Å². The van der Waals surface area contributed by atoms with Crippen LogP contribution in [0.1, 0.15) is 29.8 Å². The van der Waals surface area contributed by atoms with E-state index in [0.29, 0.717) is 0 Å². The number of nitrogens with one attached hydrogen (secondary N) is 3. The molecule has 4 nitrogen and oxygen atoms in total. The zero-order chi connectivity index (χ0) is 19.5. The fourth-order valence-electron chi connectivity index (χ4n) is 3.67. The first-order chi connectivity index (χ1) is 13.7. The number of hydrogen-bond acceptors (Lipinski definition) is 3. The molecular formula is C23H23BrN4. The second-order valence-corrected chi connectivity index (χ2v) is 7.72. The molecule has 3 N–H and O–H groups in total. The van der Waals surface area contributed by atoms with Crippen LogP contribution in [0.2, 0.25) is 0 Å². The van der Waals surface area contributed by atoms with Gasteiger partial charge in [0.05, 0.1) is 6.04 Å². The summed E-state index contributed by atoms with van der Waals surface area (Å²) in [5.74, 6) is 0.849. The monoisotopic (exact) mass is 434 g/mol. The summed E-state index contributed by atoms with van der Waals surface area (Å²) in [5, 5.41) is 8.29. The molecule has 0 radical (unpaired) electrons. The summed E-state index contributed by atoms with van der Waals surface area (Å²) >= 11 is 3.68. The van der Waals surface area contributed by atoms with Crippen LogP contribution >= 0.6 is 15.9 Å². The third-order valence-corrected chi connectivity index (χ3v) is 5.28. The predicted molar refractivity (Wildman–Crippen MR) is 121 cm³/mol. The Morgan fingerprint density at radius 3 is 2.68 bits per heavy atom. The van der Waals surface area contributed by atoms with Crippen LogP contribution in [0.25, 0.3) is 10.9 Å². The van der Waals surface area contributed by atoms with Crippen molar-refractivity contribution in [1.82, 2.24) is 9.97 Å².